The van der Waals surface area contributed by atoms with Crippen molar-refractivity contribution in [3.8, 4) is 11.8 Å². The number of hydrogen-bond acceptors (Lipinski definition) is 5. The maximum atomic E-state index is 12.0. The number of amides is 1. The van der Waals surface area contributed by atoms with Gasteiger partial charge < -0.3 is 15.5 Å². The molecule has 1 amide bonds. The lowest BCUT2D eigenvalue weighted by molar-refractivity contribution is -0.138. The van der Waals surface area contributed by atoms with Crippen molar-refractivity contribution < 1.29 is 19.8 Å². The third kappa shape index (κ3) is 2.60. The van der Waals surface area contributed by atoms with Crippen LogP contribution in [0.5, 0.6) is 5.75 Å². The van der Waals surface area contributed by atoms with E-state index < -0.39 is 17.9 Å². The van der Waals surface area contributed by atoms with Gasteiger partial charge in [-0.1, -0.05) is 24.3 Å². The minimum atomic E-state index is -1.22. The van der Waals surface area contributed by atoms with Crippen LogP contribution in [0, 0.1) is 11.3 Å². The van der Waals surface area contributed by atoms with Gasteiger partial charge in [-0.15, -0.1) is 0 Å². The fourth-order valence-electron chi connectivity index (χ4n) is 1.82. The average Bonchev–Trinajstić information content (AvgIpc) is 2.47. The lowest BCUT2D eigenvalue weighted by atomic mass is 10.1. The van der Waals surface area contributed by atoms with Crippen molar-refractivity contribution in [1.82, 2.24) is 10.3 Å². The Hall–Kier alpha value is -3.14. The smallest absolute Gasteiger partial charge is 0.325 e. The first-order valence-corrected chi connectivity index (χ1v) is 6.01. The summed E-state index contributed by atoms with van der Waals surface area (Å²) in [6, 6.07) is 7.17. The number of carbonyl (C=O) groups is 2. The highest BCUT2D eigenvalue weighted by Gasteiger charge is 2.22. The van der Waals surface area contributed by atoms with Crippen LogP contribution in [0.4, 0.5) is 0 Å². The molecule has 0 radical (unpaired) electrons. The lowest BCUT2D eigenvalue weighted by Gasteiger charge is -2.11. The summed E-state index contributed by atoms with van der Waals surface area (Å²) in [5.74, 6) is -2.46. The van der Waals surface area contributed by atoms with E-state index >= 15 is 0 Å². The van der Waals surface area contributed by atoms with E-state index in [0.717, 1.165) is 0 Å². The summed E-state index contributed by atoms with van der Waals surface area (Å²) in [4.78, 5) is 26.5. The number of nitrogens with one attached hydrogen (secondary N) is 1. The molecular formula is C14H11N3O4. The second-order valence-electron chi connectivity index (χ2n) is 4.35. The first-order valence-electron chi connectivity index (χ1n) is 6.01. The molecule has 0 spiro atoms. The van der Waals surface area contributed by atoms with E-state index in [0.29, 0.717) is 10.8 Å². The van der Waals surface area contributed by atoms with Gasteiger partial charge in [0.1, 0.15) is 17.8 Å². The third-order valence-electron chi connectivity index (χ3n) is 2.92. The number of aromatic hydroxyl groups is 1. The fraction of sp³-hybridized carbons (Fsp3) is 0.143. The molecule has 0 bridgehead atoms. The van der Waals surface area contributed by atoms with Crippen LogP contribution in [-0.2, 0) is 4.79 Å². The quantitative estimate of drug-likeness (QED) is 0.773. The first kappa shape index (κ1) is 14.3. The maximum Gasteiger partial charge on any atom is 0.325 e. The number of carboxylic acids is 1. The molecule has 1 unspecified atom stereocenters. The largest absolute Gasteiger partial charge is 0.505 e. The van der Waals surface area contributed by atoms with E-state index in [1.54, 1.807) is 24.3 Å². The second-order valence-corrected chi connectivity index (χ2v) is 4.35. The van der Waals surface area contributed by atoms with E-state index in [4.69, 9.17) is 10.4 Å². The van der Waals surface area contributed by atoms with Gasteiger partial charge in [0.2, 0.25) is 0 Å². The molecule has 0 fully saturated rings. The van der Waals surface area contributed by atoms with E-state index in [1.807, 2.05) is 6.07 Å². The Bertz CT molecular complexity index is 780. The number of aliphatic carboxylic acids is 1. The molecule has 7 heteroatoms. The number of aromatic nitrogens is 1. The maximum absolute atomic E-state index is 12.0. The van der Waals surface area contributed by atoms with Crippen molar-refractivity contribution in [2.24, 2.45) is 0 Å². The number of carboxylic acid groups (broad SMARTS) is 1. The number of carbonyl (C=O) groups excluding carboxylic acids is 1. The van der Waals surface area contributed by atoms with Gasteiger partial charge in [0.05, 0.1) is 0 Å². The van der Waals surface area contributed by atoms with Gasteiger partial charge in [-0.2, -0.15) is 5.26 Å². The van der Waals surface area contributed by atoms with Crippen LogP contribution in [0.2, 0.25) is 0 Å². The number of benzene rings is 1. The molecule has 0 saturated carbocycles. The Labute approximate surface area is 119 Å². The number of fused-ring (bicyclic) bond motifs is 1. The summed E-state index contributed by atoms with van der Waals surface area (Å²) in [5.41, 5.74) is -0.394. The van der Waals surface area contributed by atoms with Gasteiger partial charge in [0.25, 0.3) is 5.91 Å². The highest BCUT2D eigenvalue weighted by molar-refractivity contribution is 6.03. The molecule has 2 aromatic rings. The van der Waals surface area contributed by atoms with Gasteiger partial charge in [-0.05, 0) is 6.92 Å². The fourth-order valence-corrected chi connectivity index (χ4v) is 1.82. The molecule has 1 heterocycles. The number of nitriles is 1. The zero-order valence-electron chi connectivity index (χ0n) is 11.0. The minimum absolute atomic E-state index is 0.0171. The van der Waals surface area contributed by atoms with Crippen LogP contribution in [-0.4, -0.2) is 33.1 Å². The number of rotatable bonds is 3. The Morgan fingerprint density at radius 2 is 1.95 bits per heavy atom. The van der Waals surface area contributed by atoms with Crippen molar-refractivity contribution in [3.05, 3.63) is 35.7 Å². The van der Waals surface area contributed by atoms with E-state index in [1.165, 1.54) is 6.92 Å². The van der Waals surface area contributed by atoms with Gasteiger partial charge >= 0.3 is 5.97 Å². The zero-order chi connectivity index (χ0) is 15.6. The molecule has 0 saturated heterocycles. The van der Waals surface area contributed by atoms with Crippen molar-refractivity contribution >= 4 is 22.6 Å². The third-order valence-corrected chi connectivity index (χ3v) is 2.92. The Kier molecular flexibility index (Phi) is 3.71. The van der Waals surface area contributed by atoms with E-state index in [-0.39, 0.29) is 17.1 Å². The zero-order valence-corrected chi connectivity index (χ0v) is 11.0. The molecule has 2 rings (SSSR count). The van der Waals surface area contributed by atoms with Crippen LogP contribution in [0.1, 0.15) is 23.1 Å². The highest BCUT2D eigenvalue weighted by atomic mass is 16.4. The Balaban J connectivity index is 2.55. The van der Waals surface area contributed by atoms with Gasteiger partial charge in [-0.3, -0.25) is 9.59 Å². The Morgan fingerprint density at radius 3 is 2.52 bits per heavy atom. The van der Waals surface area contributed by atoms with Gasteiger partial charge in [0.15, 0.2) is 11.4 Å². The van der Waals surface area contributed by atoms with Crippen molar-refractivity contribution in [2.75, 3.05) is 0 Å². The molecular weight excluding hydrogens is 274 g/mol. The first-order chi connectivity index (χ1) is 9.95. The van der Waals surface area contributed by atoms with E-state index in [9.17, 15) is 14.7 Å². The standard InChI is InChI=1S/C14H11N3O4/c1-7(14(20)21)16-13(19)11-12(18)9-5-3-2-4-8(9)10(6-15)17-11/h2-5,7,18H,1H3,(H,16,19)(H,20,21). The molecule has 3 N–H and O–H groups in total. The second kappa shape index (κ2) is 5.46. The summed E-state index contributed by atoms with van der Waals surface area (Å²) < 4.78 is 0. The topological polar surface area (TPSA) is 123 Å². The molecule has 0 aliphatic heterocycles. The number of hydrogen-bond donors (Lipinski definition) is 3. The normalized spacial score (nSPS) is 11.6. The Morgan fingerprint density at radius 1 is 1.33 bits per heavy atom. The molecule has 1 aromatic carbocycles. The summed E-state index contributed by atoms with van der Waals surface area (Å²) in [6.45, 7) is 1.28. The molecule has 0 aliphatic carbocycles. The summed E-state index contributed by atoms with van der Waals surface area (Å²) >= 11 is 0. The molecule has 1 aromatic heterocycles. The monoisotopic (exact) mass is 285 g/mol. The summed E-state index contributed by atoms with van der Waals surface area (Å²) in [5, 5.41) is 30.9. The summed E-state index contributed by atoms with van der Waals surface area (Å²) in [7, 11) is 0. The number of nitrogens with zero attached hydrogens (tertiary/aromatic N) is 2. The average molecular weight is 285 g/mol. The molecule has 0 aliphatic rings. The number of pyridine rings is 1. The van der Waals surface area contributed by atoms with Crippen molar-refractivity contribution in [3.63, 3.8) is 0 Å². The van der Waals surface area contributed by atoms with Crippen LogP contribution in [0.15, 0.2) is 24.3 Å². The van der Waals surface area contributed by atoms with Crippen LogP contribution in [0.3, 0.4) is 0 Å². The van der Waals surface area contributed by atoms with Crippen molar-refractivity contribution in [1.29, 1.82) is 5.26 Å². The predicted octanol–water partition coefficient (Wildman–Crippen LogP) is 1.01. The molecule has 106 valence electrons. The van der Waals surface area contributed by atoms with Crippen LogP contribution < -0.4 is 5.32 Å². The molecule has 7 nitrogen and oxygen atoms in total. The van der Waals surface area contributed by atoms with Crippen LogP contribution >= 0.6 is 0 Å². The summed E-state index contributed by atoms with van der Waals surface area (Å²) in [6.07, 6.45) is 0. The molecule has 1 atom stereocenters. The van der Waals surface area contributed by atoms with Gasteiger partial charge in [-0.25, -0.2) is 4.98 Å². The SMILES string of the molecule is CC(NC(=O)c1nc(C#N)c2ccccc2c1O)C(=O)O. The van der Waals surface area contributed by atoms with Crippen LogP contribution in [0.25, 0.3) is 10.8 Å². The molecule has 21 heavy (non-hydrogen) atoms. The lowest BCUT2D eigenvalue weighted by Crippen LogP contribution is -2.38. The van der Waals surface area contributed by atoms with Gasteiger partial charge in [0, 0.05) is 10.8 Å². The van der Waals surface area contributed by atoms with Crippen molar-refractivity contribution in [2.45, 2.75) is 13.0 Å². The highest BCUT2D eigenvalue weighted by Crippen LogP contribution is 2.29. The van der Waals surface area contributed by atoms with E-state index in [2.05, 4.69) is 10.3 Å². The predicted molar refractivity (Wildman–Crippen MR) is 72.7 cm³/mol. The minimum Gasteiger partial charge on any atom is -0.505 e.